The van der Waals surface area contributed by atoms with Gasteiger partial charge in [0, 0.05) is 18.0 Å². The van der Waals surface area contributed by atoms with Crippen molar-refractivity contribution in [2.75, 3.05) is 25.0 Å². The van der Waals surface area contributed by atoms with E-state index in [1.165, 1.54) is 10.4 Å². The van der Waals surface area contributed by atoms with Gasteiger partial charge in [-0.3, -0.25) is 4.79 Å². The first kappa shape index (κ1) is 17.7. The third-order valence-electron chi connectivity index (χ3n) is 4.69. The normalized spacial score (nSPS) is 13.5. The van der Waals surface area contributed by atoms with Crippen molar-refractivity contribution in [2.45, 2.75) is 26.8 Å². The monoisotopic (exact) mass is 382 g/mol. The number of anilines is 1. The van der Waals surface area contributed by atoms with Gasteiger partial charge in [-0.15, -0.1) is 11.3 Å². The van der Waals surface area contributed by atoms with E-state index in [9.17, 15) is 4.79 Å². The predicted octanol–water partition coefficient (Wildman–Crippen LogP) is 3.40. The molecule has 6 nitrogen and oxygen atoms in total. The summed E-state index contributed by atoms with van der Waals surface area (Å²) in [5, 5.41) is 4.43. The van der Waals surface area contributed by atoms with Gasteiger partial charge in [-0.1, -0.05) is 12.1 Å². The fourth-order valence-electron chi connectivity index (χ4n) is 3.38. The Morgan fingerprint density at radius 3 is 3.07 bits per heavy atom. The van der Waals surface area contributed by atoms with Crippen LogP contribution in [-0.2, 0) is 17.8 Å². The fourth-order valence-corrected chi connectivity index (χ4v) is 4.59. The molecular weight excluding hydrogens is 360 g/mol. The van der Waals surface area contributed by atoms with Crippen molar-refractivity contribution >= 4 is 33.3 Å². The number of carbonyl (C=O) groups is 1. The van der Waals surface area contributed by atoms with E-state index < -0.39 is 0 Å². The van der Waals surface area contributed by atoms with Gasteiger partial charge in [-0.25, -0.2) is 9.97 Å². The predicted molar refractivity (Wildman–Crippen MR) is 107 cm³/mol. The average molecular weight is 382 g/mol. The van der Waals surface area contributed by atoms with E-state index in [0.717, 1.165) is 40.3 Å². The number of aromatic nitrogens is 2. The summed E-state index contributed by atoms with van der Waals surface area (Å²) in [6, 6.07) is 7.76. The van der Waals surface area contributed by atoms with Crippen LogP contribution in [0.25, 0.3) is 10.2 Å². The van der Waals surface area contributed by atoms with E-state index in [0.29, 0.717) is 13.1 Å². The first-order valence-corrected chi connectivity index (χ1v) is 9.93. The van der Waals surface area contributed by atoms with Gasteiger partial charge in [0.25, 0.3) is 5.91 Å². The molecule has 7 heteroatoms. The molecule has 140 valence electrons. The molecule has 3 aromatic rings. The Morgan fingerprint density at radius 2 is 2.26 bits per heavy atom. The van der Waals surface area contributed by atoms with Gasteiger partial charge in [-0.2, -0.15) is 0 Å². The minimum atomic E-state index is 0.0117. The number of fused-ring (bicyclic) bond motifs is 3. The third-order valence-corrected chi connectivity index (χ3v) is 5.81. The lowest BCUT2D eigenvalue weighted by Crippen LogP contribution is -2.38. The quantitative estimate of drug-likeness (QED) is 0.733. The Kier molecular flexibility index (Phi) is 4.94. The number of thiophene rings is 1. The van der Waals surface area contributed by atoms with Crippen LogP contribution in [0.15, 0.2) is 30.6 Å². The maximum atomic E-state index is 12.6. The molecule has 3 heterocycles. The second-order valence-electron chi connectivity index (χ2n) is 6.61. The summed E-state index contributed by atoms with van der Waals surface area (Å²) >= 11 is 1.65. The third kappa shape index (κ3) is 3.60. The van der Waals surface area contributed by atoms with Gasteiger partial charge < -0.3 is 15.0 Å². The lowest BCUT2D eigenvalue weighted by atomic mass is 10.0. The first-order chi connectivity index (χ1) is 13.2. The molecule has 1 amide bonds. The molecule has 0 saturated heterocycles. The minimum Gasteiger partial charge on any atom is -0.484 e. The highest BCUT2D eigenvalue weighted by atomic mass is 32.1. The molecule has 0 radical (unpaired) electrons. The molecule has 2 aromatic heterocycles. The van der Waals surface area contributed by atoms with E-state index in [1.807, 2.05) is 36.1 Å². The molecular formula is C20H22N4O2S. The first-order valence-electron chi connectivity index (χ1n) is 9.12. The van der Waals surface area contributed by atoms with Crippen LogP contribution in [0.2, 0.25) is 0 Å². The van der Waals surface area contributed by atoms with Gasteiger partial charge in [0.1, 0.15) is 22.7 Å². The molecule has 1 N–H and O–H groups in total. The molecule has 0 atom stereocenters. The number of amides is 1. The van der Waals surface area contributed by atoms with Crippen molar-refractivity contribution in [1.29, 1.82) is 0 Å². The molecule has 0 fully saturated rings. The summed E-state index contributed by atoms with van der Waals surface area (Å²) in [5.74, 6) is 1.63. The van der Waals surface area contributed by atoms with Crippen molar-refractivity contribution < 1.29 is 9.53 Å². The lowest BCUT2D eigenvalue weighted by molar-refractivity contribution is -0.134. The van der Waals surface area contributed by atoms with Crippen LogP contribution in [0.4, 0.5) is 5.82 Å². The largest absolute Gasteiger partial charge is 0.484 e. The maximum absolute atomic E-state index is 12.6. The number of rotatable bonds is 5. The zero-order chi connectivity index (χ0) is 18.8. The summed E-state index contributed by atoms with van der Waals surface area (Å²) in [7, 11) is 0. The van der Waals surface area contributed by atoms with Crippen LogP contribution in [0.3, 0.4) is 0 Å². The zero-order valence-electron chi connectivity index (χ0n) is 15.5. The molecule has 0 unspecified atom stereocenters. The Morgan fingerprint density at radius 1 is 1.37 bits per heavy atom. The zero-order valence-corrected chi connectivity index (χ0v) is 16.3. The van der Waals surface area contributed by atoms with E-state index in [-0.39, 0.29) is 12.5 Å². The molecule has 0 saturated carbocycles. The number of nitrogens with zero attached hydrogens (tertiary/aromatic N) is 3. The van der Waals surface area contributed by atoms with Crippen LogP contribution < -0.4 is 10.1 Å². The second-order valence-corrected chi connectivity index (χ2v) is 7.69. The van der Waals surface area contributed by atoms with Crippen molar-refractivity contribution in [2.24, 2.45) is 0 Å². The van der Waals surface area contributed by atoms with Crippen LogP contribution in [0, 0.1) is 6.92 Å². The molecule has 0 spiro atoms. The summed E-state index contributed by atoms with van der Waals surface area (Å²) in [6.45, 7) is 6.24. The van der Waals surface area contributed by atoms with E-state index in [1.54, 1.807) is 17.7 Å². The smallest absolute Gasteiger partial charge is 0.260 e. The molecule has 1 aliphatic rings. The molecule has 27 heavy (non-hydrogen) atoms. The number of carbonyl (C=O) groups excluding carboxylic acids is 1. The van der Waals surface area contributed by atoms with Crippen molar-refractivity contribution in [3.05, 3.63) is 46.6 Å². The van der Waals surface area contributed by atoms with Gasteiger partial charge in [0.05, 0.1) is 11.9 Å². The van der Waals surface area contributed by atoms with Gasteiger partial charge >= 0.3 is 0 Å². The molecule has 0 aliphatic carbocycles. The average Bonchev–Trinajstić information content (AvgIpc) is 3.05. The molecule has 1 aromatic carbocycles. The Bertz CT molecular complexity index is 985. The van der Waals surface area contributed by atoms with E-state index in [2.05, 4.69) is 22.2 Å². The summed E-state index contributed by atoms with van der Waals surface area (Å²) in [6.07, 6.45) is 2.41. The summed E-state index contributed by atoms with van der Waals surface area (Å²) in [5.41, 5.74) is 2.39. The lowest BCUT2D eigenvalue weighted by Gasteiger charge is -2.27. The number of nitrogens with one attached hydrogen (secondary N) is 1. The second kappa shape index (κ2) is 7.52. The number of aryl methyl sites for hydroxylation is 1. The minimum absolute atomic E-state index is 0.0117. The highest BCUT2D eigenvalue weighted by Gasteiger charge is 2.26. The van der Waals surface area contributed by atoms with Crippen molar-refractivity contribution in [3.8, 4) is 5.75 Å². The van der Waals surface area contributed by atoms with E-state index in [4.69, 9.17) is 4.74 Å². The fraction of sp³-hybridized carbons (Fsp3) is 0.350. The summed E-state index contributed by atoms with van der Waals surface area (Å²) < 4.78 is 5.68. The number of benzene rings is 1. The summed E-state index contributed by atoms with van der Waals surface area (Å²) in [4.78, 5) is 25.5. The molecule has 0 bridgehead atoms. The van der Waals surface area contributed by atoms with Crippen LogP contribution >= 0.6 is 11.3 Å². The van der Waals surface area contributed by atoms with Crippen LogP contribution in [0.5, 0.6) is 5.75 Å². The molecule has 1 aliphatic heterocycles. The van der Waals surface area contributed by atoms with Crippen molar-refractivity contribution in [3.63, 3.8) is 0 Å². The number of hydrogen-bond acceptors (Lipinski definition) is 6. The Balaban J connectivity index is 1.49. The van der Waals surface area contributed by atoms with Gasteiger partial charge in [0.15, 0.2) is 6.61 Å². The van der Waals surface area contributed by atoms with Crippen LogP contribution in [-0.4, -0.2) is 40.5 Å². The Hall–Kier alpha value is -2.67. The highest BCUT2D eigenvalue weighted by Crippen LogP contribution is 2.37. The number of hydrogen-bond donors (Lipinski definition) is 1. The standard InChI is InChI=1S/C20H22N4O2S/c1-3-21-19-18-15-7-8-24(10-16(15)27-20(18)23-12-22-19)17(25)11-26-14-6-4-5-13(2)9-14/h4-6,9,12H,3,7-8,10-11H2,1-2H3,(H,21,22,23). The highest BCUT2D eigenvalue weighted by molar-refractivity contribution is 7.19. The van der Waals surface area contributed by atoms with Gasteiger partial charge in [-0.05, 0) is 43.5 Å². The SMILES string of the molecule is CCNc1ncnc2sc3c(c12)CCN(C(=O)COc1cccc(C)c1)C3. The van der Waals surface area contributed by atoms with Gasteiger partial charge in [0.2, 0.25) is 0 Å². The maximum Gasteiger partial charge on any atom is 0.260 e. The van der Waals surface area contributed by atoms with Crippen LogP contribution in [0.1, 0.15) is 22.9 Å². The van der Waals surface area contributed by atoms with E-state index >= 15 is 0 Å². The topological polar surface area (TPSA) is 67.4 Å². The molecule has 4 rings (SSSR count). The van der Waals surface area contributed by atoms with Crippen molar-refractivity contribution in [1.82, 2.24) is 14.9 Å². The number of ether oxygens (including phenoxy) is 1. The Labute approximate surface area is 162 Å².